The van der Waals surface area contributed by atoms with Gasteiger partial charge in [0.15, 0.2) is 0 Å². The zero-order valence-electron chi connectivity index (χ0n) is 9.75. The van der Waals surface area contributed by atoms with Gasteiger partial charge in [0, 0.05) is 6.07 Å². The zero-order valence-corrected chi connectivity index (χ0v) is 11.3. The van der Waals surface area contributed by atoms with Gasteiger partial charge in [-0.25, -0.2) is 14.4 Å². The lowest BCUT2D eigenvalue weighted by Gasteiger charge is -2.06. The molecular formula is C12H8Cl2FN3O. The van der Waals surface area contributed by atoms with Crippen molar-refractivity contribution in [3.63, 3.8) is 0 Å². The smallest absolute Gasteiger partial charge is 0.259 e. The van der Waals surface area contributed by atoms with Gasteiger partial charge in [-0.2, -0.15) is 0 Å². The first kappa shape index (κ1) is 13.7. The Morgan fingerprint density at radius 1 is 1.26 bits per heavy atom. The summed E-state index contributed by atoms with van der Waals surface area (Å²) in [6.07, 6.45) is 0. The van der Waals surface area contributed by atoms with Crippen LogP contribution in [0.2, 0.25) is 10.4 Å². The SMILES string of the molecule is Cc1ccc(C(=O)Nc2cc(Cl)nc(Cl)n2)c(F)c1. The molecule has 2 rings (SSSR count). The Bertz CT molecular complexity index is 629. The molecule has 0 aliphatic rings. The van der Waals surface area contributed by atoms with Crippen molar-refractivity contribution >= 4 is 34.9 Å². The molecule has 4 nitrogen and oxygen atoms in total. The van der Waals surface area contributed by atoms with E-state index in [1.165, 1.54) is 18.2 Å². The van der Waals surface area contributed by atoms with Gasteiger partial charge in [-0.15, -0.1) is 0 Å². The minimum Gasteiger partial charge on any atom is -0.306 e. The van der Waals surface area contributed by atoms with Crippen molar-refractivity contribution < 1.29 is 9.18 Å². The summed E-state index contributed by atoms with van der Waals surface area (Å²) < 4.78 is 13.6. The fourth-order valence-corrected chi connectivity index (χ4v) is 1.85. The molecule has 0 saturated carbocycles. The van der Waals surface area contributed by atoms with Crippen molar-refractivity contribution in [1.82, 2.24) is 9.97 Å². The van der Waals surface area contributed by atoms with E-state index in [9.17, 15) is 9.18 Å². The number of hydrogen-bond donors (Lipinski definition) is 1. The van der Waals surface area contributed by atoms with Crippen LogP contribution in [0.1, 0.15) is 15.9 Å². The summed E-state index contributed by atoms with van der Waals surface area (Å²) in [5, 5.41) is 2.38. The first-order valence-electron chi connectivity index (χ1n) is 5.23. The van der Waals surface area contributed by atoms with Gasteiger partial charge in [0.1, 0.15) is 16.8 Å². The summed E-state index contributed by atoms with van der Waals surface area (Å²) in [5.41, 5.74) is 0.638. The lowest BCUT2D eigenvalue weighted by atomic mass is 10.1. The molecule has 19 heavy (non-hydrogen) atoms. The highest BCUT2D eigenvalue weighted by atomic mass is 35.5. The summed E-state index contributed by atoms with van der Waals surface area (Å²) in [6.45, 7) is 1.73. The second kappa shape index (κ2) is 5.50. The normalized spacial score (nSPS) is 10.3. The fourth-order valence-electron chi connectivity index (χ4n) is 1.44. The number of anilines is 1. The highest BCUT2D eigenvalue weighted by Gasteiger charge is 2.13. The Kier molecular flexibility index (Phi) is 3.97. The van der Waals surface area contributed by atoms with Crippen LogP contribution in [0.15, 0.2) is 24.3 Å². The van der Waals surface area contributed by atoms with E-state index in [0.29, 0.717) is 0 Å². The van der Waals surface area contributed by atoms with Gasteiger partial charge < -0.3 is 5.32 Å². The molecule has 0 radical (unpaired) electrons. The molecule has 0 fully saturated rings. The lowest BCUT2D eigenvalue weighted by Crippen LogP contribution is -2.15. The number of amides is 1. The number of halogens is 3. The lowest BCUT2D eigenvalue weighted by molar-refractivity contribution is 0.102. The summed E-state index contributed by atoms with van der Waals surface area (Å²) in [7, 11) is 0. The van der Waals surface area contributed by atoms with Crippen molar-refractivity contribution in [2.24, 2.45) is 0 Å². The number of rotatable bonds is 2. The highest BCUT2D eigenvalue weighted by Crippen LogP contribution is 2.16. The number of carbonyl (C=O) groups is 1. The summed E-state index contributed by atoms with van der Waals surface area (Å²) >= 11 is 11.3. The maximum absolute atomic E-state index is 13.6. The summed E-state index contributed by atoms with van der Waals surface area (Å²) in [4.78, 5) is 19.3. The van der Waals surface area contributed by atoms with Crippen LogP contribution in [-0.2, 0) is 0 Å². The Balaban J connectivity index is 2.25. The molecule has 0 aliphatic carbocycles. The predicted molar refractivity (Wildman–Crippen MR) is 71.1 cm³/mol. The van der Waals surface area contributed by atoms with Crippen LogP contribution in [0, 0.1) is 12.7 Å². The summed E-state index contributed by atoms with van der Waals surface area (Å²) in [5.74, 6) is -1.14. The third-order valence-corrected chi connectivity index (χ3v) is 2.64. The largest absolute Gasteiger partial charge is 0.306 e. The number of benzene rings is 1. The van der Waals surface area contributed by atoms with E-state index < -0.39 is 11.7 Å². The third-order valence-electron chi connectivity index (χ3n) is 2.28. The molecule has 0 atom stereocenters. The van der Waals surface area contributed by atoms with Crippen LogP contribution in [0.3, 0.4) is 0 Å². The Morgan fingerprint density at radius 2 is 2.00 bits per heavy atom. The number of carbonyl (C=O) groups excluding carboxylic acids is 1. The summed E-state index contributed by atoms with van der Waals surface area (Å²) in [6, 6.07) is 5.62. The molecule has 0 spiro atoms. The standard InChI is InChI=1S/C12H8Cl2FN3O/c1-6-2-3-7(8(15)4-6)11(19)17-10-5-9(13)16-12(14)18-10/h2-5H,1H3,(H,16,17,18,19). The van der Waals surface area contributed by atoms with E-state index in [1.807, 2.05) is 0 Å². The van der Waals surface area contributed by atoms with Gasteiger partial charge in [-0.3, -0.25) is 4.79 Å². The van der Waals surface area contributed by atoms with Gasteiger partial charge in [0.2, 0.25) is 5.28 Å². The average Bonchev–Trinajstić information content (AvgIpc) is 2.26. The second-order valence-corrected chi connectivity index (χ2v) is 4.51. The van der Waals surface area contributed by atoms with E-state index in [-0.39, 0.29) is 21.8 Å². The predicted octanol–water partition coefficient (Wildman–Crippen LogP) is 3.48. The Labute approximate surface area is 118 Å². The first-order valence-corrected chi connectivity index (χ1v) is 5.99. The molecule has 98 valence electrons. The molecule has 2 aromatic rings. The quantitative estimate of drug-likeness (QED) is 0.682. The van der Waals surface area contributed by atoms with E-state index in [4.69, 9.17) is 23.2 Å². The van der Waals surface area contributed by atoms with Gasteiger partial charge in [-0.05, 0) is 36.2 Å². The molecule has 0 bridgehead atoms. The highest BCUT2D eigenvalue weighted by molar-refractivity contribution is 6.32. The van der Waals surface area contributed by atoms with E-state index in [1.54, 1.807) is 13.0 Å². The number of nitrogens with one attached hydrogen (secondary N) is 1. The number of aryl methyl sites for hydroxylation is 1. The molecule has 1 N–H and O–H groups in total. The molecule has 1 aromatic heterocycles. The van der Waals surface area contributed by atoms with E-state index in [0.717, 1.165) is 5.56 Å². The van der Waals surface area contributed by atoms with Crippen LogP contribution < -0.4 is 5.32 Å². The zero-order chi connectivity index (χ0) is 14.0. The van der Waals surface area contributed by atoms with Crippen molar-refractivity contribution in [1.29, 1.82) is 0 Å². The van der Waals surface area contributed by atoms with Crippen molar-refractivity contribution in [3.05, 3.63) is 51.6 Å². The number of hydrogen-bond acceptors (Lipinski definition) is 3. The maximum atomic E-state index is 13.6. The number of nitrogens with zero attached hydrogens (tertiary/aromatic N) is 2. The molecule has 1 amide bonds. The monoisotopic (exact) mass is 299 g/mol. The van der Waals surface area contributed by atoms with Crippen LogP contribution in [-0.4, -0.2) is 15.9 Å². The van der Waals surface area contributed by atoms with Crippen LogP contribution in [0.25, 0.3) is 0 Å². The van der Waals surface area contributed by atoms with Gasteiger partial charge in [0.05, 0.1) is 5.56 Å². The third kappa shape index (κ3) is 3.39. The minimum atomic E-state index is -0.636. The Hall–Kier alpha value is -1.72. The molecule has 0 unspecified atom stereocenters. The molecule has 7 heteroatoms. The molecule has 0 saturated heterocycles. The van der Waals surface area contributed by atoms with Crippen LogP contribution in [0.4, 0.5) is 10.2 Å². The molecule has 1 heterocycles. The van der Waals surface area contributed by atoms with E-state index in [2.05, 4.69) is 15.3 Å². The molecule has 1 aromatic carbocycles. The van der Waals surface area contributed by atoms with Gasteiger partial charge >= 0.3 is 0 Å². The molecular weight excluding hydrogens is 292 g/mol. The van der Waals surface area contributed by atoms with Gasteiger partial charge in [-0.1, -0.05) is 17.7 Å². The van der Waals surface area contributed by atoms with Crippen LogP contribution in [0.5, 0.6) is 0 Å². The minimum absolute atomic E-state index is 0.0830. The fraction of sp³-hybridized carbons (Fsp3) is 0.0833. The van der Waals surface area contributed by atoms with Crippen molar-refractivity contribution in [2.45, 2.75) is 6.92 Å². The van der Waals surface area contributed by atoms with Crippen molar-refractivity contribution in [3.8, 4) is 0 Å². The second-order valence-electron chi connectivity index (χ2n) is 3.78. The van der Waals surface area contributed by atoms with Gasteiger partial charge in [0.25, 0.3) is 5.91 Å². The van der Waals surface area contributed by atoms with Crippen LogP contribution >= 0.6 is 23.2 Å². The number of aromatic nitrogens is 2. The maximum Gasteiger partial charge on any atom is 0.259 e. The first-order chi connectivity index (χ1) is 8.95. The molecule has 0 aliphatic heterocycles. The topological polar surface area (TPSA) is 54.9 Å². The van der Waals surface area contributed by atoms with E-state index >= 15 is 0 Å². The van der Waals surface area contributed by atoms with Crippen molar-refractivity contribution in [2.75, 3.05) is 5.32 Å². The Morgan fingerprint density at radius 3 is 2.63 bits per heavy atom. The average molecular weight is 300 g/mol.